The number of hydrogen-bond donors (Lipinski definition) is 1. The first-order valence-electron chi connectivity index (χ1n) is 7.97. The van der Waals surface area contributed by atoms with E-state index in [4.69, 9.17) is 17.2 Å². The molecule has 0 radical (unpaired) electrons. The maximum absolute atomic E-state index is 13.1. The number of thiophene rings is 1. The van der Waals surface area contributed by atoms with Gasteiger partial charge in [0.2, 0.25) is 5.78 Å². The third kappa shape index (κ3) is 1.88. The van der Waals surface area contributed by atoms with Gasteiger partial charge in [0, 0.05) is 4.88 Å². The van der Waals surface area contributed by atoms with E-state index >= 15 is 0 Å². The summed E-state index contributed by atoms with van der Waals surface area (Å²) in [4.78, 5) is 20.0. The lowest BCUT2D eigenvalue weighted by Gasteiger charge is -2.09. The van der Waals surface area contributed by atoms with Crippen LogP contribution in [0, 0.1) is 4.77 Å². The molecular weight excluding hydrogens is 340 g/mol. The second kappa shape index (κ2) is 5.12. The summed E-state index contributed by atoms with van der Waals surface area (Å²) in [6.45, 7) is 0. The number of aryl methyl sites for hydroxylation is 2. The molecule has 24 heavy (non-hydrogen) atoms. The molecule has 1 aliphatic rings. The molecule has 0 saturated carbocycles. The molecule has 7 heteroatoms. The van der Waals surface area contributed by atoms with Crippen LogP contribution in [0.15, 0.2) is 35.1 Å². The summed E-state index contributed by atoms with van der Waals surface area (Å²) in [6, 6.07) is 9.76. The average molecular weight is 354 g/mol. The number of nitrogens with zero attached hydrogens (tertiary/aromatic N) is 3. The van der Waals surface area contributed by atoms with Crippen molar-refractivity contribution in [1.82, 2.24) is 19.2 Å². The minimum absolute atomic E-state index is 0.0461. The second-order valence-corrected chi connectivity index (χ2v) is 7.50. The molecule has 0 amide bonds. The quantitative estimate of drug-likeness (QED) is 0.531. The minimum atomic E-state index is -0.0461. The van der Waals surface area contributed by atoms with Crippen molar-refractivity contribution in [2.75, 3.05) is 0 Å². The highest BCUT2D eigenvalue weighted by Gasteiger charge is 2.22. The summed E-state index contributed by atoms with van der Waals surface area (Å²) in [5.41, 5.74) is 2.05. The smallest absolute Gasteiger partial charge is 0.267 e. The van der Waals surface area contributed by atoms with E-state index in [1.54, 1.807) is 11.3 Å². The van der Waals surface area contributed by atoms with Crippen molar-refractivity contribution in [3.8, 4) is 5.69 Å². The predicted octanol–water partition coefficient (Wildman–Crippen LogP) is 3.64. The Morgan fingerprint density at radius 2 is 1.96 bits per heavy atom. The highest BCUT2D eigenvalue weighted by atomic mass is 32.1. The molecule has 1 aliphatic carbocycles. The van der Waals surface area contributed by atoms with Gasteiger partial charge in [0.25, 0.3) is 5.56 Å². The molecular formula is C17H14N4OS2. The van der Waals surface area contributed by atoms with Crippen LogP contribution in [0.1, 0.15) is 23.3 Å². The van der Waals surface area contributed by atoms with Crippen LogP contribution in [0.3, 0.4) is 0 Å². The molecule has 4 aromatic rings. The number of H-pyrrole nitrogens is 1. The van der Waals surface area contributed by atoms with Crippen molar-refractivity contribution in [1.29, 1.82) is 0 Å². The van der Waals surface area contributed by atoms with Crippen LogP contribution < -0.4 is 5.56 Å². The van der Waals surface area contributed by atoms with E-state index < -0.39 is 0 Å². The largest absolute Gasteiger partial charge is 0.283 e. The van der Waals surface area contributed by atoms with E-state index in [1.807, 2.05) is 34.9 Å². The number of nitrogens with one attached hydrogen (secondary N) is 1. The molecule has 0 aliphatic heterocycles. The molecule has 0 unspecified atom stereocenters. The van der Waals surface area contributed by atoms with Crippen LogP contribution in [0.2, 0.25) is 0 Å². The fourth-order valence-corrected chi connectivity index (χ4v) is 5.02. The van der Waals surface area contributed by atoms with Crippen LogP contribution in [-0.4, -0.2) is 19.2 Å². The molecule has 1 N–H and O–H groups in total. The van der Waals surface area contributed by atoms with E-state index in [1.165, 1.54) is 21.4 Å². The fraction of sp³-hybridized carbons (Fsp3) is 0.235. The van der Waals surface area contributed by atoms with Crippen molar-refractivity contribution in [2.45, 2.75) is 25.7 Å². The third-order valence-electron chi connectivity index (χ3n) is 4.60. The summed E-state index contributed by atoms with van der Waals surface area (Å²) in [7, 11) is 0. The molecule has 5 nitrogen and oxygen atoms in total. The Bertz CT molecular complexity index is 1200. The lowest BCUT2D eigenvalue weighted by Crippen LogP contribution is -2.17. The fourth-order valence-electron chi connectivity index (χ4n) is 3.49. The summed E-state index contributed by atoms with van der Waals surface area (Å²) in [5, 5.41) is 3.77. The normalized spacial score (nSPS) is 14.3. The van der Waals surface area contributed by atoms with Gasteiger partial charge in [-0.15, -0.1) is 11.3 Å². The molecule has 0 bridgehead atoms. The lowest BCUT2D eigenvalue weighted by atomic mass is 9.97. The Kier molecular flexibility index (Phi) is 3.01. The lowest BCUT2D eigenvalue weighted by molar-refractivity contribution is 0.699. The first kappa shape index (κ1) is 14.1. The van der Waals surface area contributed by atoms with E-state index in [2.05, 4.69) is 5.10 Å². The van der Waals surface area contributed by atoms with Crippen LogP contribution in [0.5, 0.6) is 0 Å². The number of aromatic nitrogens is 4. The zero-order valence-electron chi connectivity index (χ0n) is 12.8. The molecule has 0 spiro atoms. The number of aromatic amines is 1. The summed E-state index contributed by atoms with van der Waals surface area (Å²) >= 11 is 7.10. The van der Waals surface area contributed by atoms with E-state index in [0.717, 1.165) is 35.2 Å². The maximum atomic E-state index is 13.1. The number of hydrogen-bond acceptors (Lipinski definition) is 4. The predicted molar refractivity (Wildman–Crippen MR) is 98.0 cm³/mol. The van der Waals surface area contributed by atoms with Gasteiger partial charge in [-0.05, 0) is 55.6 Å². The molecule has 0 saturated heterocycles. The molecule has 3 aromatic heterocycles. The Balaban J connectivity index is 1.92. The van der Waals surface area contributed by atoms with Gasteiger partial charge in [0.15, 0.2) is 4.77 Å². The van der Waals surface area contributed by atoms with Crippen LogP contribution in [0.4, 0.5) is 0 Å². The third-order valence-corrected chi connectivity index (χ3v) is 6.06. The SMILES string of the molecule is O=c1c2c3c(sc2nc2n(-c4ccccc4)c(=S)[nH]n12)CCCC3. The Morgan fingerprint density at radius 1 is 1.17 bits per heavy atom. The van der Waals surface area contributed by atoms with Gasteiger partial charge < -0.3 is 0 Å². The monoisotopic (exact) mass is 354 g/mol. The van der Waals surface area contributed by atoms with Gasteiger partial charge in [-0.1, -0.05) is 18.2 Å². The van der Waals surface area contributed by atoms with E-state index in [-0.39, 0.29) is 5.56 Å². The van der Waals surface area contributed by atoms with E-state index in [0.29, 0.717) is 10.5 Å². The zero-order chi connectivity index (χ0) is 16.3. The minimum Gasteiger partial charge on any atom is -0.267 e. The van der Waals surface area contributed by atoms with Gasteiger partial charge in [-0.2, -0.15) is 4.52 Å². The van der Waals surface area contributed by atoms with Crippen molar-refractivity contribution in [2.24, 2.45) is 0 Å². The molecule has 3 heterocycles. The summed E-state index contributed by atoms with van der Waals surface area (Å²) in [5.74, 6) is 0.544. The average Bonchev–Trinajstić information content (AvgIpc) is 3.13. The van der Waals surface area contributed by atoms with Crippen molar-refractivity contribution < 1.29 is 0 Å². The number of rotatable bonds is 1. The molecule has 1 aromatic carbocycles. The highest BCUT2D eigenvalue weighted by Crippen LogP contribution is 2.33. The molecule has 0 fully saturated rings. The molecule has 5 rings (SSSR count). The van der Waals surface area contributed by atoms with Gasteiger partial charge in [-0.25, -0.2) is 4.98 Å². The maximum Gasteiger partial charge on any atom is 0.283 e. The topological polar surface area (TPSA) is 55.1 Å². The van der Waals surface area contributed by atoms with Gasteiger partial charge in [0.05, 0.1) is 11.1 Å². The zero-order valence-corrected chi connectivity index (χ0v) is 14.4. The van der Waals surface area contributed by atoms with Gasteiger partial charge >= 0.3 is 0 Å². The first-order chi connectivity index (χ1) is 11.7. The summed E-state index contributed by atoms with van der Waals surface area (Å²) < 4.78 is 3.77. The Labute approximate surface area is 146 Å². The van der Waals surface area contributed by atoms with Crippen molar-refractivity contribution >= 4 is 39.5 Å². The van der Waals surface area contributed by atoms with Crippen LogP contribution >= 0.6 is 23.6 Å². The van der Waals surface area contributed by atoms with Crippen LogP contribution in [0.25, 0.3) is 21.7 Å². The molecule has 0 atom stereocenters. The van der Waals surface area contributed by atoms with Crippen molar-refractivity contribution in [3.63, 3.8) is 0 Å². The van der Waals surface area contributed by atoms with E-state index in [9.17, 15) is 4.79 Å². The highest BCUT2D eigenvalue weighted by molar-refractivity contribution is 7.71. The van der Waals surface area contributed by atoms with Crippen LogP contribution in [-0.2, 0) is 12.8 Å². The van der Waals surface area contributed by atoms with Gasteiger partial charge in [-0.3, -0.25) is 14.5 Å². The Morgan fingerprint density at radius 3 is 2.79 bits per heavy atom. The summed E-state index contributed by atoms with van der Waals surface area (Å²) in [6.07, 6.45) is 4.36. The standard InChI is InChI=1S/C17H14N4OS2/c22-15-13-11-8-4-5-9-12(11)24-14(13)18-16-20(17(23)19-21(15)16)10-6-2-1-3-7-10/h1-3,6-7H,4-5,8-9H2,(H,19,23). The van der Waals surface area contributed by atoms with Crippen molar-refractivity contribution in [3.05, 3.63) is 55.9 Å². The number of fused-ring (bicyclic) bond motifs is 4. The molecule has 120 valence electrons. The second-order valence-electron chi connectivity index (χ2n) is 6.03. The number of para-hydroxylation sites is 1. The Hall–Kier alpha value is -2.25. The first-order valence-corrected chi connectivity index (χ1v) is 9.20. The van der Waals surface area contributed by atoms with Gasteiger partial charge in [0.1, 0.15) is 4.83 Å². The number of benzene rings is 1.